The lowest BCUT2D eigenvalue weighted by atomic mass is 9.84. The maximum atomic E-state index is 12.1. The number of likely N-dealkylation sites (tertiary alicyclic amines) is 1. The van der Waals surface area contributed by atoms with Gasteiger partial charge in [-0.2, -0.15) is 5.21 Å². The number of piperidine rings is 1. The Morgan fingerprint density at radius 1 is 1.58 bits per heavy atom. The molecule has 2 unspecified atom stereocenters. The average Bonchev–Trinajstić information content (AvgIpc) is 2.91. The summed E-state index contributed by atoms with van der Waals surface area (Å²) in [6, 6.07) is 0. The fourth-order valence-corrected chi connectivity index (χ4v) is 2.49. The summed E-state index contributed by atoms with van der Waals surface area (Å²) in [5.74, 6) is -0.722. The highest BCUT2D eigenvalue weighted by atomic mass is 16.4. The molecular weight excluding hydrogens is 250 g/mol. The van der Waals surface area contributed by atoms with Crippen LogP contribution in [0.15, 0.2) is 0 Å². The van der Waals surface area contributed by atoms with Gasteiger partial charge in [-0.1, -0.05) is 6.92 Å². The van der Waals surface area contributed by atoms with Gasteiger partial charge in [0.2, 0.25) is 0 Å². The number of hydrogen-bond donors (Lipinski definition) is 2. The second-order valence-corrected chi connectivity index (χ2v) is 4.96. The van der Waals surface area contributed by atoms with Crippen LogP contribution in [-0.4, -0.2) is 55.6 Å². The summed E-state index contributed by atoms with van der Waals surface area (Å²) in [7, 11) is 0. The number of carbonyl (C=O) groups excluding carboxylic acids is 1. The summed E-state index contributed by atoms with van der Waals surface area (Å²) < 4.78 is 0. The molecule has 1 saturated heterocycles. The highest BCUT2D eigenvalue weighted by molar-refractivity contribution is 5.90. The quantitative estimate of drug-likeness (QED) is 0.803. The van der Waals surface area contributed by atoms with Crippen molar-refractivity contribution in [3.63, 3.8) is 0 Å². The van der Waals surface area contributed by atoms with E-state index in [9.17, 15) is 9.59 Å². The molecule has 2 N–H and O–H groups in total. The van der Waals surface area contributed by atoms with Crippen LogP contribution in [-0.2, 0) is 4.79 Å². The molecule has 0 bridgehead atoms. The zero-order valence-electron chi connectivity index (χ0n) is 10.7. The highest BCUT2D eigenvalue weighted by Gasteiger charge is 2.30. The summed E-state index contributed by atoms with van der Waals surface area (Å²) in [4.78, 5) is 24.5. The van der Waals surface area contributed by atoms with Gasteiger partial charge in [-0.15, -0.1) is 10.2 Å². The van der Waals surface area contributed by atoms with E-state index in [0.717, 1.165) is 12.8 Å². The molecule has 1 aromatic rings. The molecule has 2 atom stereocenters. The van der Waals surface area contributed by atoms with Crippen LogP contribution in [0, 0.1) is 11.8 Å². The van der Waals surface area contributed by atoms with Crippen molar-refractivity contribution in [1.29, 1.82) is 0 Å². The summed E-state index contributed by atoms with van der Waals surface area (Å²) in [6.45, 7) is 3.13. The van der Waals surface area contributed by atoms with E-state index in [1.54, 1.807) is 4.90 Å². The number of carboxylic acids is 1. The van der Waals surface area contributed by atoms with Gasteiger partial charge in [0.15, 0.2) is 0 Å². The smallest absolute Gasteiger partial charge is 0.303 e. The summed E-state index contributed by atoms with van der Waals surface area (Å²) in [5, 5.41) is 21.8. The monoisotopic (exact) mass is 267 g/mol. The molecule has 1 aromatic heterocycles. The molecule has 8 heteroatoms. The Bertz CT molecular complexity index is 447. The van der Waals surface area contributed by atoms with E-state index in [1.807, 2.05) is 6.92 Å². The van der Waals surface area contributed by atoms with E-state index in [2.05, 4.69) is 20.6 Å². The van der Waals surface area contributed by atoms with Gasteiger partial charge >= 0.3 is 5.97 Å². The third-order valence-corrected chi connectivity index (χ3v) is 3.58. The maximum Gasteiger partial charge on any atom is 0.303 e. The normalized spacial score (nSPS) is 21.1. The molecule has 104 valence electrons. The lowest BCUT2D eigenvalue weighted by Crippen LogP contribution is -2.42. The SMILES string of the molecule is CC(CC(=O)O)C1CCCN(C(=O)c2nn[nH]n2)C1. The number of carbonyl (C=O) groups is 2. The first-order valence-electron chi connectivity index (χ1n) is 6.32. The second kappa shape index (κ2) is 5.77. The Kier molecular flexibility index (Phi) is 4.08. The number of aromatic nitrogens is 4. The Hall–Kier alpha value is -1.99. The van der Waals surface area contributed by atoms with Crippen LogP contribution in [0.5, 0.6) is 0 Å². The van der Waals surface area contributed by atoms with Crippen molar-refractivity contribution < 1.29 is 14.7 Å². The summed E-state index contributed by atoms with van der Waals surface area (Å²) in [5.41, 5.74) is 0. The molecule has 1 fully saturated rings. The van der Waals surface area contributed by atoms with Gasteiger partial charge in [0.05, 0.1) is 0 Å². The zero-order valence-corrected chi connectivity index (χ0v) is 10.7. The fraction of sp³-hybridized carbons (Fsp3) is 0.727. The van der Waals surface area contributed by atoms with Crippen LogP contribution < -0.4 is 0 Å². The molecule has 1 amide bonds. The molecule has 2 rings (SSSR count). The average molecular weight is 267 g/mol. The van der Waals surface area contributed by atoms with Crippen LogP contribution >= 0.6 is 0 Å². The molecule has 1 aliphatic rings. The lowest BCUT2D eigenvalue weighted by Gasteiger charge is -2.34. The molecule has 0 aliphatic carbocycles. The Morgan fingerprint density at radius 2 is 2.37 bits per heavy atom. The number of nitrogens with one attached hydrogen (secondary N) is 1. The van der Waals surface area contributed by atoms with Crippen LogP contribution in [0.4, 0.5) is 0 Å². The highest BCUT2D eigenvalue weighted by Crippen LogP contribution is 2.26. The third-order valence-electron chi connectivity index (χ3n) is 3.58. The van der Waals surface area contributed by atoms with Gasteiger partial charge in [0.1, 0.15) is 0 Å². The largest absolute Gasteiger partial charge is 0.481 e. The van der Waals surface area contributed by atoms with Crippen molar-refractivity contribution >= 4 is 11.9 Å². The molecule has 8 nitrogen and oxygen atoms in total. The maximum absolute atomic E-state index is 12.1. The number of H-pyrrole nitrogens is 1. The number of nitrogens with zero attached hydrogens (tertiary/aromatic N) is 4. The number of rotatable bonds is 4. The molecule has 19 heavy (non-hydrogen) atoms. The molecular formula is C11H17N5O3. The summed E-state index contributed by atoms with van der Waals surface area (Å²) in [6.07, 6.45) is 1.96. The van der Waals surface area contributed by atoms with Crippen LogP contribution in [0.2, 0.25) is 0 Å². The van der Waals surface area contributed by atoms with Gasteiger partial charge < -0.3 is 10.0 Å². The van der Waals surface area contributed by atoms with E-state index in [4.69, 9.17) is 5.11 Å². The first-order chi connectivity index (χ1) is 9.08. The van der Waals surface area contributed by atoms with Crippen LogP contribution in [0.25, 0.3) is 0 Å². The Balaban J connectivity index is 1.97. The van der Waals surface area contributed by atoms with Gasteiger partial charge in [-0.3, -0.25) is 9.59 Å². The number of amides is 1. The van der Waals surface area contributed by atoms with E-state index in [1.165, 1.54) is 0 Å². The Morgan fingerprint density at radius 3 is 3.00 bits per heavy atom. The molecule has 0 radical (unpaired) electrons. The zero-order chi connectivity index (χ0) is 13.8. The van der Waals surface area contributed by atoms with Gasteiger partial charge in [-0.05, 0) is 29.9 Å². The van der Waals surface area contributed by atoms with Gasteiger partial charge in [-0.25, -0.2) is 0 Å². The second-order valence-electron chi connectivity index (χ2n) is 4.96. The van der Waals surface area contributed by atoms with Crippen molar-refractivity contribution in [2.24, 2.45) is 11.8 Å². The molecule has 0 saturated carbocycles. The minimum Gasteiger partial charge on any atom is -0.481 e. The van der Waals surface area contributed by atoms with Crippen LogP contribution in [0.1, 0.15) is 36.8 Å². The number of carboxylic acid groups (broad SMARTS) is 1. The molecule has 0 aromatic carbocycles. The van der Waals surface area contributed by atoms with Crippen molar-refractivity contribution in [2.45, 2.75) is 26.2 Å². The number of aliphatic carboxylic acids is 1. The number of aromatic amines is 1. The molecule has 1 aliphatic heterocycles. The van der Waals surface area contributed by atoms with E-state index >= 15 is 0 Å². The van der Waals surface area contributed by atoms with Crippen molar-refractivity contribution in [3.8, 4) is 0 Å². The van der Waals surface area contributed by atoms with E-state index in [0.29, 0.717) is 13.1 Å². The Labute approximate surface area is 110 Å². The van der Waals surface area contributed by atoms with Gasteiger partial charge in [0.25, 0.3) is 11.7 Å². The predicted octanol–water partition coefficient (Wildman–Crippen LogP) is 0.163. The first-order valence-corrected chi connectivity index (χ1v) is 6.32. The van der Waals surface area contributed by atoms with Gasteiger partial charge in [0, 0.05) is 19.5 Å². The minimum atomic E-state index is -0.797. The number of hydrogen-bond acceptors (Lipinski definition) is 5. The standard InChI is InChI=1S/C11H17N5O3/c1-7(5-9(17)18)8-3-2-4-16(6-8)11(19)10-12-14-15-13-10/h7-8H,2-6H2,1H3,(H,17,18)(H,12,13,14,15). The third kappa shape index (κ3) is 3.27. The van der Waals surface area contributed by atoms with E-state index in [-0.39, 0.29) is 30.0 Å². The molecule has 0 spiro atoms. The van der Waals surface area contributed by atoms with Crippen molar-refractivity contribution in [1.82, 2.24) is 25.5 Å². The topological polar surface area (TPSA) is 112 Å². The lowest BCUT2D eigenvalue weighted by molar-refractivity contribution is -0.138. The fourth-order valence-electron chi connectivity index (χ4n) is 2.49. The van der Waals surface area contributed by atoms with Crippen LogP contribution in [0.3, 0.4) is 0 Å². The first kappa shape index (κ1) is 13.4. The van der Waals surface area contributed by atoms with Crippen molar-refractivity contribution in [3.05, 3.63) is 5.82 Å². The predicted molar refractivity (Wildman–Crippen MR) is 64.2 cm³/mol. The minimum absolute atomic E-state index is 0.0540. The number of tetrazole rings is 1. The summed E-state index contributed by atoms with van der Waals surface area (Å²) >= 11 is 0. The molecule has 2 heterocycles. The van der Waals surface area contributed by atoms with Crippen molar-refractivity contribution in [2.75, 3.05) is 13.1 Å². The van der Waals surface area contributed by atoms with E-state index < -0.39 is 5.97 Å².